The number of carboxylic acid groups (broad SMARTS) is 1. The maximum Gasteiger partial charge on any atom is 0.306 e. The number of carboxylic acids is 1. The Kier molecular flexibility index (Phi) is 3.46. The van der Waals surface area contributed by atoms with Gasteiger partial charge in [0.25, 0.3) is 0 Å². The van der Waals surface area contributed by atoms with Crippen LogP contribution in [-0.2, 0) is 4.79 Å². The lowest BCUT2D eigenvalue weighted by molar-refractivity contribution is -0.140. The molecule has 0 aliphatic carbocycles. The van der Waals surface area contributed by atoms with Crippen molar-refractivity contribution in [2.45, 2.75) is 13.3 Å². The van der Waals surface area contributed by atoms with E-state index in [0.29, 0.717) is 6.42 Å². The van der Waals surface area contributed by atoms with Gasteiger partial charge in [0.2, 0.25) is 0 Å². The zero-order valence-corrected chi connectivity index (χ0v) is 5.72. The van der Waals surface area contributed by atoms with Crippen molar-refractivity contribution in [3.63, 3.8) is 0 Å². The number of aliphatic carboxylic acids is 1. The predicted molar refractivity (Wildman–Crippen MR) is 35.8 cm³/mol. The summed E-state index contributed by atoms with van der Waals surface area (Å²) in [5, 5.41) is 8.27. The van der Waals surface area contributed by atoms with Gasteiger partial charge in [-0.15, -0.1) is 8.86 Å². The summed E-state index contributed by atoms with van der Waals surface area (Å²) in [4.78, 5) is 10.0. The summed E-state index contributed by atoms with van der Waals surface area (Å²) >= 11 is 0. The molecule has 2 nitrogen and oxygen atoms in total. The third-order valence-corrected chi connectivity index (χ3v) is 1.13. The van der Waals surface area contributed by atoms with E-state index in [1.807, 2.05) is 0 Å². The maximum atomic E-state index is 10.0. The highest BCUT2D eigenvalue weighted by Crippen LogP contribution is 1.97. The lowest BCUT2D eigenvalue weighted by Crippen LogP contribution is -2.08. The summed E-state index contributed by atoms with van der Waals surface area (Å²) in [5.41, 5.74) is 0. The minimum Gasteiger partial charge on any atom is -0.481 e. The first-order valence-corrected chi connectivity index (χ1v) is 2.98. The molecule has 0 amide bonds. The van der Waals surface area contributed by atoms with Crippen LogP contribution in [0.5, 0.6) is 0 Å². The molecule has 1 N–H and O–H groups in total. The van der Waals surface area contributed by atoms with Gasteiger partial charge in [-0.1, -0.05) is 12.7 Å². The van der Waals surface area contributed by atoms with Crippen molar-refractivity contribution in [1.82, 2.24) is 0 Å². The van der Waals surface area contributed by atoms with Gasteiger partial charge in [0.15, 0.2) is 0 Å². The van der Waals surface area contributed by atoms with Crippen LogP contribution in [0.25, 0.3) is 0 Å². The standard InChI is InChI=1S/C5H9O2P/c1-4(2-3-8)5(6)7/h3-4,8H,2H2,1H3,(H,6,7). The second-order valence-corrected chi connectivity index (χ2v) is 2.09. The van der Waals surface area contributed by atoms with Crippen molar-refractivity contribution in [3.05, 3.63) is 0 Å². The minimum absolute atomic E-state index is 0.271. The molecular formula is C5H9O2P. The van der Waals surface area contributed by atoms with Crippen LogP contribution in [0.1, 0.15) is 13.3 Å². The Morgan fingerprint density at radius 3 is 2.62 bits per heavy atom. The number of rotatable bonds is 3. The first-order valence-electron chi connectivity index (χ1n) is 2.40. The van der Waals surface area contributed by atoms with E-state index in [1.54, 1.807) is 12.7 Å². The van der Waals surface area contributed by atoms with E-state index in [4.69, 9.17) is 5.11 Å². The Bertz CT molecular complexity index is 101. The quantitative estimate of drug-likeness (QED) is 0.582. The van der Waals surface area contributed by atoms with Crippen molar-refractivity contribution in [1.29, 1.82) is 0 Å². The van der Waals surface area contributed by atoms with E-state index in [0.717, 1.165) is 0 Å². The molecule has 0 aliphatic heterocycles. The highest BCUT2D eigenvalue weighted by Gasteiger charge is 2.06. The summed E-state index contributed by atoms with van der Waals surface area (Å²) < 4.78 is 0. The van der Waals surface area contributed by atoms with Gasteiger partial charge in [-0.05, 0) is 6.42 Å². The van der Waals surface area contributed by atoms with Crippen molar-refractivity contribution < 1.29 is 9.90 Å². The third-order valence-electron chi connectivity index (χ3n) is 0.893. The van der Waals surface area contributed by atoms with Gasteiger partial charge in [-0.25, -0.2) is 0 Å². The Morgan fingerprint density at radius 1 is 2.00 bits per heavy atom. The fourth-order valence-electron chi connectivity index (χ4n) is 0.278. The highest BCUT2D eigenvalue weighted by atomic mass is 31.0. The van der Waals surface area contributed by atoms with Crippen LogP contribution in [0.4, 0.5) is 0 Å². The van der Waals surface area contributed by atoms with Crippen LogP contribution in [0.3, 0.4) is 0 Å². The fraction of sp³-hybridized carbons (Fsp3) is 0.600. The second-order valence-electron chi connectivity index (χ2n) is 1.68. The summed E-state index contributed by atoms with van der Waals surface area (Å²) in [7, 11) is 3.07. The zero-order chi connectivity index (χ0) is 6.57. The smallest absolute Gasteiger partial charge is 0.306 e. The molecule has 46 valence electrons. The monoisotopic (exact) mass is 132 g/mol. The Balaban J connectivity index is 3.46. The molecule has 0 saturated heterocycles. The molecule has 0 rings (SSSR count). The van der Waals surface area contributed by atoms with E-state index in [2.05, 4.69) is 8.86 Å². The molecular weight excluding hydrogens is 123 g/mol. The molecule has 0 aromatic carbocycles. The molecule has 8 heavy (non-hydrogen) atoms. The first-order chi connectivity index (χ1) is 3.68. The van der Waals surface area contributed by atoms with E-state index in [1.165, 1.54) is 0 Å². The van der Waals surface area contributed by atoms with E-state index < -0.39 is 5.97 Å². The Morgan fingerprint density at radius 2 is 2.50 bits per heavy atom. The molecule has 0 fully saturated rings. The molecule has 1 unspecified atom stereocenters. The van der Waals surface area contributed by atoms with Crippen molar-refractivity contribution >= 4 is 20.6 Å². The van der Waals surface area contributed by atoms with Gasteiger partial charge in [-0.3, -0.25) is 4.79 Å². The molecule has 0 aromatic heterocycles. The van der Waals surface area contributed by atoms with Crippen LogP contribution in [0.15, 0.2) is 0 Å². The van der Waals surface area contributed by atoms with Crippen molar-refractivity contribution in [2.75, 3.05) is 0 Å². The molecule has 0 heterocycles. The van der Waals surface area contributed by atoms with Crippen LogP contribution >= 0.6 is 8.86 Å². The molecule has 0 aromatic rings. The third kappa shape index (κ3) is 2.75. The number of hydrogen-bond acceptors (Lipinski definition) is 1. The summed E-state index contributed by atoms with van der Waals surface area (Å²) in [6.45, 7) is 1.67. The maximum absolute atomic E-state index is 10.0. The van der Waals surface area contributed by atoms with Crippen LogP contribution in [0, 0.1) is 5.92 Å². The van der Waals surface area contributed by atoms with E-state index >= 15 is 0 Å². The van der Waals surface area contributed by atoms with Crippen LogP contribution in [-0.4, -0.2) is 16.9 Å². The van der Waals surface area contributed by atoms with Gasteiger partial charge in [0.1, 0.15) is 0 Å². The molecule has 1 atom stereocenters. The minimum atomic E-state index is -0.750. The Hall–Kier alpha value is -0.360. The van der Waals surface area contributed by atoms with Gasteiger partial charge >= 0.3 is 5.97 Å². The van der Waals surface area contributed by atoms with Gasteiger partial charge < -0.3 is 5.11 Å². The lowest BCUT2D eigenvalue weighted by Gasteiger charge is -1.97. The molecule has 0 bridgehead atoms. The number of carbonyl (C=O) groups is 1. The SMILES string of the molecule is CC(CC=P)C(=O)O. The molecule has 0 saturated carbocycles. The normalized spacial score (nSPS) is 12.6. The Labute approximate surface area is 50.7 Å². The summed E-state index contributed by atoms with van der Waals surface area (Å²) in [5.74, 6) is 0.644. The van der Waals surface area contributed by atoms with Gasteiger partial charge in [0.05, 0.1) is 5.92 Å². The van der Waals surface area contributed by atoms with Crippen molar-refractivity contribution in [3.8, 4) is 0 Å². The molecule has 0 aliphatic rings. The van der Waals surface area contributed by atoms with Crippen molar-refractivity contribution in [2.24, 2.45) is 5.92 Å². The molecule has 3 heteroatoms. The summed E-state index contributed by atoms with van der Waals surface area (Å²) in [6.07, 6.45) is 0.576. The first kappa shape index (κ1) is 7.64. The predicted octanol–water partition coefficient (Wildman–Crippen LogP) is 1.04. The molecule has 0 radical (unpaired) electrons. The van der Waals surface area contributed by atoms with Crippen LogP contribution in [0.2, 0.25) is 0 Å². The van der Waals surface area contributed by atoms with Gasteiger partial charge in [-0.2, -0.15) is 0 Å². The average Bonchev–Trinajstić information content (AvgIpc) is 1.67. The fourth-order valence-corrected chi connectivity index (χ4v) is 0.631. The van der Waals surface area contributed by atoms with E-state index in [-0.39, 0.29) is 5.92 Å². The summed E-state index contributed by atoms with van der Waals surface area (Å²) in [6, 6.07) is 0. The van der Waals surface area contributed by atoms with Crippen LogP contribution < -0.4 is 0 Å². The lowest BCUT2D eigenvalue weighted by atomic mass is 10.1. The van der Waals surface area contributed by atoms with E-state index in [9.17, 15) is 4.79 Å². The molecule has 0 spiro atoms. The average molecular weight is 132 g/mol. The largest absolute Gasteiger partial charge is 0.481 e. The second kappa shape index (κ2) is 3.62. The highest BCUT2D eigenvalue weighted by molar-refractivity contribution is 7.18. The zero-order valence-electron chi connectivity index (χ0n) is 4.72. The number of hydrogen-bond donors (Lipinski definition) is 1. The topological polar surface area (TPSA) is 37.3 Å². The van der Waals surface area contributed by atoms with Gasteiger partial charge in [0, 0.05) is 0 Å².